The SMILES string of the molecule is Cc1cscc1-c1n[nH]c(C2CCCCC2)n1. The summed E-state index contributed by atoms with van der Waals surface area (Å²) in [5.41, 5.74) is 2.44. The Hall–Kier alpha value is -1.16. The number of hydrogen-bond acceptors (Lipinski definition) is 3. The number of aromatic amines is 1. The van der Waals surface area contributed by atoms with Crippen molar-refractivity contribution in [3.05, 3.63) is 22.1 Å². The number of rotatable bonds is 2. The molecule has 0 amide bonds. The Labute approximate surface area is 105 Å². The third-order valence-electron chi connectivity index (χ3n) is 3.59. The maximum Gasteiger partial charge on any atom is 0.182 e. The van der Waals surface area contributed by atoms with Crippen LogP contribution in [0.3, 0.4) is 0 Å². The van der Waals surface area contributed by atoms with Crippen molar-refractivity contribution < 1.29 is 0 Å². The Morgan fingerprint density at radius 2 is 2.06 bits per heavy atom. The minimum absolute atomic E-state index is 0.601. The minimum Gasteiger partial charge on any atom is -0.262 e. The van der Waals surface area contributed by atoms with Crippen molar-refractivity contribution in [3.63, 3.8) is 0 Å². The molecule has 2 heterocycles. The molecule has 2 aromatic rings. The highest BCUT2D eigenvalue weighted by Gasteiger charge is 2.19. The smallest absolute Gasteiger partial charge is 0.182 e. The first-order valence-electron chi connectivity index (χ1n) is 6.30. The lowest BCUT2D eigenvalue weighted by atomic mass is 9.89. The Morgan fingerprint density at radius 3 is 2.76 bits per heavy atom. The van der Waals surface area contributed by atoms with Crippen molar-refractivity contribution in [1.29, 1.82) is 0 Å². The van der Waals surface area contributed by atoms with Crippen LogP contribution in [-0.4, -0.2) is 15.2 Å². The van der Waals surface area contributed by atoms with Crippen LogP contribution in [0, 0.1) is 6.92 Å². The molecule has 1 aliphatic rings. The molecule has 1 fully saturated rings. The standard InChI is InChI=1S/C13H17N3S/c1-9-7-17-8-11(9)13-14-12(15-16-13)10-5-3-2-4-6-10/h7-8,10H,2-6H2,1H3,(H,14,15,16). The largest absolute Gasteiger partial charge is 0.262 e. The van der Waals surface area contributed by atoms with Gasteiger partial charge in [-0.05, 0) is 30.7 Å². The molecule has 4 heteroatoms. The summed E-state index contributed by atoms with van der Waals surface area (Å²) in [6, 6.07) is 0. The molecule has 0 saturated heterocycles. The zero-order chi connectivity index (χ0) is 11.7. The Kier molecular flexibility index (Phi) is 2.97. The average Bonchev–Trinajstić information content (AvgIpc) is 2.98. The summed E-state index contributed by atoms with van der Waals surface area (Å²) >= 11 is 1.71. The fourth-order valence-corrected chi connectivity index (χ4v) is 3.37. The fraction of sp³-hybridized carbons (Fsp3) is 0.538. The number of hydrogen-bond donors (Lipinski definition) is 1. The number of thiophene rings is 1. The van der Waals surface area contributed by atoms with Gasteiger partial charge in [0.25, 0.3) is 0 Å². The normalized spacial score (nSPS) is 17.5. The lowest BCUT2D eigenvalue weighted by molar-refractivity contribution is 0.429. The summed E-state index contributed by atoms with van der Waals surface area (Å²) in [5.74, 6) is 2.55. The van der Waals surface area contributed by atoms with Gasteiger partial charge < -0.3 is 0 Å². The van der Waals surface area contributed by atoms with Gasteiger partial charge in [0.2, 0.25) is 0 Å². The molecule has 0 atom stereocenters. The van der Waals surface area contributed by atoms with Crippen LogP contribution < -0.4 is 0 Å². The molecule has 1 saturated carbocycles. The first-order valence-corrected chi connectivity index (χ1v) is 7.24. The quantitative estimate of drug-likeness (QED) is 0.874. The van der Waals surface area contributed by atoms with Crippen molar-refractivity contribution in [2.75, 3.05) is 0 Å². The van der Waals surface area contributed by atoms with Crippen molar-refractivity contribution in [2.24, 2.45) is 0 Å². The highest BCUT2D eigenvalue weighted by Crippen LogP contribution is 2.32. The van der Waals surface area contributed by atoms with E-state index in [0.29, 0.717) is 5.92 Å². The monoisotopic (exact) mass is 247 g/mol. The van der Waals surface area contributed by atoms with E-state index < -0.39 is 0 Å². The molecular weight excluding hydrogens is 230 g/mol. The van der Waals surface area contributed by atoms with Crippen LogP contribution >= 0.6 is 11.3 Å². The summed E-state index contributed by atoms with van der Waals surface area (Å²) in [4.78, 5) is 4.68. The van der Waals surface area contributed by atoms with Crippen LogP contribution in [-0.2, 0) is 0 Å². The molecule has 0 unspecified atom stereocenters. The number of nitrogens with zero attached hydrogens (tertiary/aromatic N) is 2. The van der Waals surface area contributed by atoms with E-state index in [2.05, 4.69) is 32.9 Å². The van der Waals surface area contributed by atoms with Crippen molar-refractivity contribution in [3.8, 4) is 11.4 Å². The summed E-state index contributed by atoms with van der Waals surface area (Å²) in [5, 5.41) is 11.8. The highest BCUT2D eigenvalue weighted by molar-refractivity contribution is 7.08. The van der Waals surface area contributed by atoms with E-state index >= 15 is 0 Å². The first kappa shape index (κ1) is 11.0. The van der Waals surface area contributed by atoms with Gasteiger partial charge in [-0.25, -0.2) is 4.98 Å². The molecule has 2 aromatic heterocycles. The molecular formula is C13H17N3S. The predicted molar refractivity (Wildman–Crippen MR) is 70.3 cm³/mol. The second kappa shape index (κ2) is 4.61. The number of H-pyrrole nitrogens is 1. The number of aromatic nitrogens is 3. The van der Waals surface area contributed by atoms with Gasteiger partial charge in [0.05, 0.1) is 0 Å². The summed E-state index contributed by atoms with van der Waals surface area (Å²) < 4.78 is 0. The highest BCUT2D eigenvalue weighted by atomic mass is 32.1. The summed E-state index contributed by atoms with van der Waals surface area (Å²) in [6.45, 7) is 2.11. The maximum absolute atomic E-state index is 4.68. The molecule has 90 valence electrons. The predicted octanol–water partition coefficient (Wildman–Crippen LogP) is 3.89. The summed E-state index contributed by atoms with van der Waals surface area (Å²) in [7, 11) is 0. The van der Waals surface area contributed by atoms with Gasteiger partial charge in [-0.1, -0.05) is 19.3 Å². The maximum atomic E-state index is 4.68. The van der Waals surface area contributed by atoms with Crippen LogP contribution in [0.15, 0.2) is 10.8 Å². The van der Waals surface area contributed by atoms with Crippen LogP contribution in [0.5, 0.6) is 0 Å². The van der Waals surface area contributed by atoms with Crippen LogP contribution in [0.1, 0.15) is 49.4 Å². The van der Waals surface area contributed by atoms with Crippen molar-refractivity contribution >= 4 is 11.3 Å². The topological polar surface area (TPSA) is 41.6 Å². The zero-order valence-corrected chi connectivity index (χ0v) is 10.9. The van der Waals surface area contributed by atoms with Gasteiger partial charge >= 0.3 is 0 Å². The third-order valence-corrected chi connectivity index (χ3v) is 4.45. The van der Waals surface area contributed by atoms with Crippen LogP contribution in [0.4, 0.5) is 0 Å². The van der Waals surface area contributed by atoms with Crippen LogP contribution in [0.25, 0.3) is 11.4 Å². The zero-order valence-electron chi connectivity index (χ0n) is 10.1. The van der Waals surface area contributed by atoms with Gasteiger partial charge in [0.15, 0.2) is 5.82 Å². The molecule has 3 nitrogen and oxygen atoms in total. The molecule has 0 aromatic carbocycles. The molecule has 3 rings (SSSR count). The van der Waals surface area contributed by atoms with E-state index in [9.17, 15) is 0 Å². The fourth-order valence-electron chi connectivity index (χ4n) is 2.54. The first-order chi connectivity index (χ1) is 8.34. The Morgan fingerprint density at radius 1 is 1.24 bits per heavy atom. The van der Waals surface area contributed by atoms with E-state index in [1.165, 1.54) is 43.2 Å². The number of nitrogens with one attached hydrogen (secondary N) is 1. The van der Waals surface area contributed by atoms with E-state index in [0.717, 1.165) is 11.6 Å². The van der Waals surface area contributed by atoms with Gasteiger partial charge in [-0.2, -0.15) is 16.4 Å². The Bertz CT molecular complexity index is 494. The molecule has 17 heavy (non-hydrogen) atoms. The molecule has 0 aliphatic heterocycles. The molecule has 0 spiro atoms. The molecule has 1 N–H and O–H groups in total. The lowest BCUT2D eigenvalue weighted by Gasteiger charge is -2.18. The van der Waals surface area contributed by atoms with Crippen molar-refractivity contribution in [2.45, 2.75) is 44.9 Å². The second-order valence-electron chi connectivity index (χ2n) is 4.85. The van der Waals surface area contributed by atoms with E-state index in [-0.39, 0.29) is 0 Å². The number of aryl methyl sites for hydroxylation is 1. The van der Waals surface area contributed by atoms with Gasteiger partial charge in [0.1, 0.15) is 5.82 Å². The van der Waals surface area contributed by atoms with E-state index in [1.54, 1.807) is 11.3 Å². The third kappa shape index (κ3) is 2.14. The van der Waals surface area contributed by atoms with Gasteiger partial charge in [-0.3, -0.25) is 5.10 Å². The second-order valence-corrected chi connectivity index (χ2v) is 5.59. The van der Waals surface area contributed by atoms with Gasteiger partial charge in [0, 0.05) is 16.9 Å². The molecule has 0 radical (unpaired) electrons. The van der Waals surface area contributed by atoms with Crippen LogP contribution in [0.2, 0.25) is 0 Å². The lowest BCUT2D eigenvalue weighted by Crippen LogP contribution is -2.06. The summed E-state index contributed by atoms with van der Waals surface area (Å²) in [6.07, 6.45) is 6.56. The average molecular weight is 247 g/mol. The Balaban J connectivity index is 1.85. The van der Waals surface area contributed by atoms with Gasteiger partial charge in [-0.15, -0.1) is 0 Å². The minimum atomic E-state index is 0.601. The van der Waals surface area contributed by atoms with E-state index in [1.807, 2.05) is 0 Å². The molecule has 1 aliphatic carbocycles. The van der Waals surface area contributed by atoms with E-state index in [4.69, 9.17) is 0 Å². The van der Waals surface area contributed by atoms with Crippen molar-refractivity contribution in [1.82, 2.24) is 15.2 Å². The molecule has 0 bridgehead atoms.